The number of hydrogen-bond acceptors (Lipinski definition) is 4. The van der Waals surface area contributed by atoms with Gasteiger partial charge in [0, 0.05) is 18.6 Å². The second-order valence-electron chi connectivity index (χ2n) is 5.59. The molecular formula is C18H19NO4. The molecule has 2 N–H and O–H groups in total. The lowest BCUT2D eigenvalue weighted by Crippen LogP contribution is -2.40. The van der Waals surface area contributed by atoms with E-state index in [2.05, 4.69) is 0 Å². The van der Waals surface area contributed by atoms with Gasteiger partial charge in [-0.15, -0.1) is 0 Å². The van der Waals surface area contributed by atoms with Crippen molar-refractivity contribution in [3.8, 4) is 5.75 Å². The topological polar surface area (TPSA) is 70.0 Å². The fraction of sp³-hybridized carbons (Fsp3) is 0.278. The standard InChI is InChI=1S/C18H19NO4/c1-23-14-8-6-13(7-9-14)12-19-16-5-3-2-4-15(16)18(22,10-11-20)17(19)21/h2-9,20,22H,10-12H2,1H3/t18-/m0/s1. The molecule has 0 aromatic heterocycles. The van der Waals surface area contributed by atoms with Gasteiger partial charge in [-0.2, -0.15) is 0 Å². The van der Waals surface area contributed by atoms with Gasteiger partial charge in [-0.05, 0) is 23.8 Å². The summed E-state index contributed by atoms with van der Waals surface area (Å²) in [5, 5.41) is 20.0. The first-order valence-electron chi connectivity index (χ1n) is 7.48. The van der Waals surface area contributed by atoms with Gasteiger partial charge in [0.15, 0.2) is 5.60 Å². The minimum Gasteiger partial charge on any atom is -0.497 e. The SMILES string of the molecule is COc1ccc(CN2C(=O)[C@](O)(CCO)c3ccccc32)cc1. The third kappa shape index (κ3) is 2.58. The number of carbonyl (C=O) groups excluding carboxylic acids is 1. The van der Waals surface area contributed by atoms with Crippen LogP contribution in [0.3, 0.4) is 0 Å². The zero-order valence-corrected chi connectivity index (χ0v) is 12.9. The van der Waals surface area contributed by atoms with E-state index in [0.29, 0.717) is 17.8 Å². The summed E-state index contributed by atoms with van der Waals surface area (Å²) in [6.45, 7) is 0.0977. The molecule has 0 bridgehead atoms. The van der Waals surface area contributed by atoms with Gasteiger partial charge in [0.1, 0.15) is 5.75 Å². The van der Waals surface area contributed by atoms with E-state index in [0.717, 1.165) is 11.3 Å². The summed E-state index contributed by atoms with van der Waals surface area (Å²) < 4.78 is 5.13. The summed E-state index contributed by atoms with van der Waals surface area (Å²) in [7, 11) is 1.60. The smallest absolute Gasteiger partial charge is 0.264 e. The summed E-state index contributed by atoms with van der Waals surface area (Å²) >= 11 is 0. The van der Waals surface area contributed by atoms with E-state index in [1.807, 2.05) is 36.4 Å². The van der Waals surface area contributed by atoms with E-state index in [-0.39, 0.29) is 13.0 Å². The third-order valence-electron chi connectivity index (χ3n) is 4.21. The van der Waals surface area contributed by atoms with Gasteiger partial charge >= 0.3 is 0 Å². The molecule has 23 heavy (non-hydrogen) atoms. The van der Waals surface area contributed by atoms with Crippen molar-refractivity contribution in [1.82, 2.24) is 0 Å². The van der Waals surface area contributed by atoms with Gasteiger partial charge in [-0.25, -0.2) is 0 Å². The Morgan fingerprint density at radius 2 is 1.83 bits per heavy atom. The van der Waals surface area contributed by atoms with Gasteiger partial charge in [0.25, 0.3) is 5.91 Å². The van der Waals surface area contributed by atoms with Crippen LogP contribution in [0.1, 0.15) is 17.5 Å². The van der Waals surface area contributed by atoms with Crippen LogP contribution in [-0.2, 0) is 16.9 Å². The number of hydrogen-bond donors (Lipinski definition) is 2. The van der Waals surface area contributed by atoms with Crippen LogP contribution in [0.2, 0.25) is 0 Å². The predicted octanol–water partition coefficient (Wildman–Crippen LogP) is 1.81. The number of fused-ring (bicyclic) bond motifs is 1. The van der Waals surface area contributed by atoms with E-state index >= 15 is 0 Å². The summed E-state index contributed by atoms with van der Waals surface area (Å²) in [5.74, 6) is 0.349. The molecule has 2 aromatic carbocycles. The fourth-order valence-corrected chi connectivity index (χ4v) is 2.98. The van der Waals surface area contributed by atoms with Crippen LogP contribution in [0, 0.1) is 0 Å². The molecule has 0 fully saturated rings. The molecule has 5 nitrogen and oxygen atoms in total. The molecule has 3 rings (SSSR count). The normalized spacial score (nSPS) is 19.8. The number of para-hydroxylation sites is 1. The van der Waals surface area contributed by atoms with Crippen LogP contribution >= 0.6 is 0 Å². The number of carbonyl (C=O) groups is 1. The number of rotatable bonds is 5. The quantitative estimate of drug-likeness (QED) is 0.883. The molecular weight excluding hydrogens is 294 g/mol. The molecule has 2 aromatic rings. The first-order chi connectivity index (χ1) is 11.1. The Kier molecular flexibility index (Phi) is 4.07. The maximum Gasteiger partial charge on any atom is 0.264 e. The molecule has 0 saturated carbocycles. The van der Waals surface area contributed by atoms with Crippen molar-refractivity contribution >= 4 is 11.6 Å². The van der Waals surface area contributed by atoms with Crippen molar-refractivity contribution in [2.45, 2.75) is 18.6 Å². The van der Waals surface area contributed by atoms with Crippen LogP contribution in [0.4, 0.5) is 5.69 Å². The minimum atomic E-state index is -1.65. The molecule has 1 atom stereocenters. The van der Waals surface area contributed by atoms with Crippen LogP contribution in [0.5, 0.6) is 5.75 Å². The van der Waals surface area contributed by atoms with Crippen LogP contribution in [-0.4, -0.2) is 29.8 Å². The van der Waals surface area contributed by atoms with Gasteiger partial charge < -0.3 is 19.8 Å². The Bertz CT molecular complexity index is 713. The number of ether oxygens (including phenoxy) is 1. The molecule has 1 heterocycles. The largest absolute Gasteiger partial charge is 0.497 e. The zero-order valence-electron chi connectivity index (χ0n) is 12.9. The van der Waals surface area contributed by atoms with E-state index in [1.165, 1.54) is 0 Å². The van der Waals surface area contributed by atoms with Crippen LogP contribution in [0.15, 0.2) is 48.5 Å². The van der Waals surface area contributed by atoms with Crippen molar-refractivity contribution in [1.29, 1.82) is 0 Å². The predicted molar refractivity (Wildman–Crippen MR) is 86.2 cm³/mol. The summed E-state index contributed by atoms with van der Waals surface area (Å²) in [6, 6.07) is 14.6. The fourth-order valence-electron chi connectivity index (χ4n) is 2.98. The molecule has 1 amide bonds. The highest BCUT2D eigenvalue weighted by Crippen LogP contribution is 2.42. The number of aliphatic hydroxyl groups excluding tert-OH is 1. The van der Waals surface area contributed by atoms with Crippen molar-refractivity contribution in [2.75, 3.05) is 18.6 Å². The summed E-state index contributed by atoms with van der Waals surface area (Å²) in [5.41, 5.74) is 0.511. The first kappa shape index (κ1) is 15.5. The van der Waals surface area contributed by atoms with Crippen molar-refractivity contribution in [2.24, 2.45) is 0 Å². The highest BCUT2D eigenvalue weighted by atomic mass is 16.5. The minimum absolute atomic E-state index is 0.0119. The van der Waals surface area contributed by atoms with E-state index in [9.17, 15) is 15.0 Å². The van der Waals surface area contributed by atoms with Crippen molar-refractivity contribution in [3.05, 3.63) is 59.7 Å². The number of benzene rings is 2. The lowest BCUT2D eigenvalue weighted by atomic mass is 9.92. The second-order valence-corrected chi connectivity index (χ2v) is 5.59. The number of aliphatic hydroxyl groups is 2. The zero-order chi connectivity index (χ0) is 16.4. The average molecular weight is 313 g/mol. The molecule has 0 aliphatic carbocycles. The number of methoxy groups -OCH3 is 1. The summed E-state index contributed by atoms with van der Waals surface area (Å²) in [6.07, 6.45) is -0.0119. The van der Waals surface area contributed by atoms with E-state index < -0.39 is 11.5 Å². The highest BCUT2D eigenvalue weighted by molar-refractivity contribution is 6.06. The lowest BCUT2D eigenvalue weighted by Gasteiger charge is -2.22. The molecule has 5 heteroatoms. The number of amides is 1. The second kappa shape index (κ2) is 6.02. The van der Waals surface area contributed by atoms with Gasteiger partial charge in [0.2, 0.25) is 0 Å². The Morgan fingerprint density at radius 3 is 2.48 bits per heavy atom. The van der Waals surface area contributed by atoms with Crippen molar-refractivity contribution < 1.29 is 19.7 Å². The molecule has 0 saturated heterocycles. The Hall–Kier alpha value is -2.37. The molecule has 0 unspecified atom stereocenters. The lowest BCUT2D eigenvalue weighted by molar-refractivity contribution is -0.137. The summed E-state index contributed by atoms with van der Waals surface area (Å²) in [4.78, 5) is 14.3. The molecule has 120 valence electrons. The average Bonchev–Trinajstić information content (AvgIpc) is 2.78. The first-order valence-corrected chi connectivity index (χ1v) is 7.48. The van der Waals surface area contributed by atoms with Crippen LogP contribution < -0.4 is 9.64 Å². The molecule has 1 aliphatic heterocycles. The Labute approximate surface area is 134 Å². The van der Waals surface area contributed by atoms with Crippen molar-refractivity contribution in [3.63, 3.8) is 0 Å². The maximum absolute atomic E-state index is 12.7. The molecule has 1 aliphatic rings. The van der Waals surface area contributed by atoms with E-state index in [4.69, 9.17) is 4.74 Å². The van der Waals surface area contributed by atoms with E-state index in [1.54, 1.807) is 24.1 Å². The highest BCUT2D eigenvalue weighted by Gasteiger charge is 2.48. The molecule has 0 spiro atoms. The van der Waals surface area contributed by atoms with Gasteiger partial charge in [-0.3, -0.25) is 4.79 Å². The van der Waals surface area contributed by atoms with Gasteiger partial charge in [-0.1, -0.05) is 30.3 Å². The number of anilines is 1. The van der Waals surface area contributed by atoms with Gasteiger partial charge in [0.05, 0.1) is 19.3 Å². The Morgan fingerprint density at radius 1 is 1.13 bits per heavy atom. The monoisotopic (exact) mass is 313 g/mol. The third-order valence-corrected chi connectivity index (χ3v) is 4.21. The Balaban J connectivity index is 1.94. The number of nitrogens with zero attached hydrogens (tertiary/aromatic N) is 1. The van der Waals surface area contributed by atoms with Crippen LogP contribution in [0.25, 0.3) is 0 Å². The molecule has 0 radical (unpaired) electrons. The maximum atomic E-state index is 12.7.